The number of nitrogens with one attached hydrogen (secondary N) is 2. The Bertz CT molecular complexity index is 1710. The van der Waals surface area contributed by atoms with Gasteiger partial charge in [0.05, 0.1) is 15.7 Å². The molecule has 0 saturated carbocycles. The lowest BCUT2D eigenvalue weighted by atomic mass is 9.96. The van der Waals surface area contributed by atoms with Crippen molar-refractivity contribution in [2.75, 3.05) is 0 Å². The van der Waals surface area contributed by atoms with Gasteiger partial charge < -0.3 is 14.8 Å². The van der Waals surface area contributed by atoms with Crippen molar-refractivity contribution in [2.24, 2.45) is 0 Å². The molecule has 0 saturated heterocycles. The van der Waals surface area contributed by atoms with Gasteiger partial charge in [0.25, 0.3) is 15.9 Å². The molecular weight excluding hydrogens is 613 g/mol. The molecule has 13 heteroatoms. The Hall–Kier alpha value is -3.57. The van der Waals surface area contributed by atoms with E-state index in [0.717, 1.165) is 6.42 Å². The van der Waals surface area contributed by atoms with Gasteiger partial charge in [-0.25, -0.2) is 18.1 Å². The number of hydrogen-bond acceptors (Lipinski definition) is 6. The summed E-state index contributed by atoms with van der Waals surface area (Å²) in [6.07, 6.45) is 3.05. The summed E-state index contributed by atoms with van der Waals surface area (Å²) in [4.78, 5) is 32.2. The smallest absolute Gasteiger partial charge is 0.317 e. The van der Waals surface area contributed by atoms with Gasteiger partial charge in [-0.3, -0.25) is 9.59 Å². The SMILES string of the molecule is CCCc1ncc(C(C(=O)O)c2ccc(OCc3ccc(Cl)cc3C(=O)NS(=O)(=O)c3ccccc3Cl)c(Cl)c2)[nH]1. The number of carbonyl (C=O) groups excluding carboxylic acids is 1. The van der Waals surface area contributed by atoms with E-state index in [-0.39, 0.29) is 37.9 Å². The second-order valence-corrected chi connectivity index (χ2v) is 11.9. The Kier molecular flexibility index (Phi) is 9.60. The maximum Gasteiger partial charge on any atom is 0.317 e. The first kappa shape index (κ1) is 30.4. The van der Waals surface area contributed by atoms with Crippen LogP contribution < -0.4 is 9.46 Å². The van der Waals surface area contributed by atoms with E-state index in [2.05, 4.69) is 9.97 Å². The molecule has 4 rings (SSSR count). The van der Waals surface area contributed by atoms with Crippen molar-refractivity contribution in [3.8, 4) is 5.75 Å². The number of halogens is 3. The molecule has 0 aliphatic rings. The van der Waals surface area contributed by atoms with E-state index in [1.165, 1.54) is 54.7 Å². The van der Waals surface area contributed by atoms with Crippen LogP contribution in [0, 0.1) is 0 Å². The van der Waals surface area contributed by atoms with Gasteiger partial charge in [-0.2, -0.15) is 0 Å². The van der Waals surface area contributed by atoms with Crippen LogP contribution in [0.5, 0.6) is 5.75 Å². The normalized spacial score (nSPS) is 12.1. The van der Waals surface area contributed by atoms with Crippen LogP contribution in [0.3, 0.4) is 0 Å². The molecule has 3 N–H and O–H groups in total. The summed E-state index contributed by atoms with van der Waals surface area (Å²) in [5.41, 5.74) is 1.13. The van der Waals surface area contributed by atoms with Crippen molar-refractivity contribution in [1.82, 2.24) is 14.7 Å². The van der Waals surface area contributed by atoms with Crippen molar-refractivity contribution in [3.63, 3.8) is 0 Å². The summed E-state index contributed by atoms with van der Waals surface area (Å²) in [5, 5.41) is 10.2. The second kappa shape index (κ2) is 12.9. The van der Waals surface area contributed by atoms with Crippen molar-refractivity contribution in [3.05, 3.63) is 110 Å². The Morgan fingerprint density at radius 3 is 2.49 bits per heavy atom. The highest BCUT2D eigenvalue weighted by atomic mass is 35.5. The minimum Gasteiger partial charge on any atom is -0.487 e. The van der Waals surface area contributed by atoms with Crippen molar-refractivity contribution in [2.45, 2.75) is 37.2 Å². The van der Waals surface area contributed by atoms with Gasteiger partial charge in [-0.15, -0.1) is 0 Å². The Morgan fingerprint density at radius 1 is 1.05 bits per heavy atom. The van der Waals surface area contributed by atoms with E-state index in [9.17, 15) is 23.1 Å². The van der Waals surface area contributed by atoms with E-state index in [1.54, 1.807) is 12.1 Å². The lowest BCUT2D eigenvalue weighted by Gasteiger charge is -2.15. The zero-order chi connectivity index (χ0) is 29.7. The monoisotopic (exact) mass is 635 g/mol. The molecule has 1 heterocycles. The number of aliphatic carboxylic acids is 1. The summed E-state index contributed by atoms with van der Waals surface area (Å²) in [5.74, 6) is -2.11. The quantitative estimate of drug-likeness (QED) is 0.177. The molecule has 0 fully saturated rings. The zero-order valence-electron chi connectivity index (χ0n) is 21.5. The van der Waals surface area contributed by atoms with E-state index < -0.39 is 27.8 Å². The number of carboxylic acid groups (broad SMARTS) is 1. The number of carbonyl (C=O) groups is 2. The molecule has 0 bridgehead atoms. The second-order valence-electron chi connectivity index (χ2n) is 8.95. The summed E-state index contributed by atoms with van der Waals surface area (Å²) in [6.45, 7) is 1.83. The summed E-state index contributed by atoms with van der Waals surface area (Å²) in [6, 6.07) is 14.7. The Balaban J connectivity index is 1.54. The number of nitrogens with zero attached hydrogens (tertiary/aromatic N) is 1. The van der Waals surface area contributed by atoms with Gasteiger partial charge >= 0.3 is 5.97 Å². The maximum atomic E-state index is 13.0. The molecule has 9 nitrogen and oxygen atoms in total. The van der Waals surface area contributed by atoms with Gasteiger partial charge in [-0.1, -0.05) is 66.0 Å². The summed E-state index contributed by atoms with van der Waals surface area (Å²) in [7, 11) is -4.28. The number of aromatic amines is 1. The van der Waals surface area contributed by atoms with E-state index in [0.29, 0.717) is 29.1 Å². The number of sulfonamides is 1. The van der Waals surface area contributed by atoms with E-state index >= 15 is 0 Å². The summed E-state index contributed by atoms with van der Waals surface area (Å²) < 4.78 is 33.4. The largest absolute Gasteiger partial charge is 0.487 e. The fourth-order valence-corrected chi connectivity index (χ4v) is 6.00. The van der Waals surface area contributed by atoms with Crippen LogP contribution in [0.15, 0.2) is 71.8 Å². The number of H-pyrrole nitrogens is 1. The van der Waals surface area contributed by atoms with Crippen LogP contribution >= 0.6 is 34.8 Å². The number of carboxylic acids is 1. The highest BCUT2D eigenvalue weighted by Crippen LogP contribution is 2.32. The molecule has 0 spiro atoms. The van der Waals surface area contributed by atoms with Crippen LogP contribution in [-0.4, -0.2) is 35.4 Å². The predicted molar refractivity (Wildman–Crippen MR) is 155 cm³/mol. The van der Waals surface area contributed by atoms with Gasteiger partial charge in [0.2, 0.25) is 0 Å². The molecule has 1 amide bonds. The van der Waals surface area contributed by atoms with Gasteiger partial charge in [0.1, 0.15) is 29.0 Å². The number of imidazole rings is 1. The minimum absolute atomic E-state index is 0.0334. The van der Waals surface area contributed by atoms with Crippen LogP contribution in [0.4, 0.5) is 0 Å². The number of rotatable bonds is 11. The van der Waals surface area contributed by atoms with Gasteiger partial charge in [0.15, 0.2) is 0 Å². The first-order chi connectivity index (χ1) is 19.5. The molecule has 1 aromatic heterocycles. The standard InChI is InChI=1S/C28H24Cl3N3O6S/c1-2-5-25-32-14-22(33-25)26(28(36)37)16-9-11-23(21(31)12-16)40-15-17-8-10-18(29)13-19(17)27(35)34-41(38,39)24-7-4-3-6-20(24)30/h3-4,6-14,26H,2,5,15H2,1H3,(H,32,33)(H,34,35)(H,36,37). The third kappa shape index (κ3) is 7.20. The van der Waals surface area contributed by atoms with Gasteiger partial charge in [0, 0.05) is 28.8 Å². The average Bonchev–Trinajstić information content (AvgIpc) is 3.36. The molecule has 1 atom stereocenters. The lowest BCUT2D eigenvalue weighted by Crippen LogP contribution is -2.31. The van der Waals surface area contributed by atoms with Crippen molar-refractivity contribution in [1.29, 1.82) is 0 Å². The molecule has 0 radical (unpaired) electrons. The topological polar surface area (TPSA) is 138 Å². The summed E-state index contributed by atoms with van der Waals surface area (Å²) >= 11 is 18.5. The lowest BCUT2D eigenvalue weighted by molar-refractivity contribution is -0.137. The first-order valence-electron chi connectivity index (χ1n) is 12.3. The van der Waals surface area contributed by atoms with Crippen LogP contribution in [-0.2, 0) is 27.8 Å². The van der Waals surface area contributed by atoms with Crippen molar-refractivity contribution >= 4 is 56.7 Å². The zero-order valence-corrected chi connectivity index (χ0v) is 24.6. The van der Waals surface area contributed by atoms with Gasteiger partial charge in [-0.05, 0) is 48.4 Å². The number of amides is 1. The highest BCUT2D eigenvalue weighted by molar-refractivity contribution is 7.90. The van der Waals surface area contributed by atoms with Crippen LogP contribution in [0.2, 0.25) is 15.1 Å². The molecule has 0 aliphatic heterocycles. The number of aryl methyl sites for hydroxylation is 1. The molecule has 3 aromatic carbocycles. The van der Waals surface area contributed by atoms with E-state index in [1.807, 2.05) is 11.6 Å². The third-order valence-electron chi connectivity index (χ3n) is 6.04. The predicted octanol–water partition coefficient (Wildman–Crippen LogP) is 6.24. The maximum absolute atomic E-state index is 13.0. The molecule has 41 heavy (non-hydrogen) atoms. The molecular formula is C28H24Cl3N3O6S. The molecule has 0 aliphatic carbocycles. The number of aromatic nitrogens is 2. The first-order valence-corrected chi connectivity index (χ1v) is 14.9. The van der Waals surface area contributed by atoms with E-state index in [4.69, 9.17) is 39.5 Å². The number of ether oxygens (including phenoxy) is 1. The minimum atomic E-state index is -4.28. The molecule has 4 aromatic rings. The molecule has 214 valence electrons. The van der Waals surface area contributed by atoms with Crippen LogP contribution in [0.25, 0.3) is 0 Å². The average molecular weight is 637 g/mol. The Labute approximate surface area is 251 Å². The van der Waals surface area contributed by atoms with Crippen molar-refractivity contribution < 1.29 is 27.9 Å². The fourth-order valence-electron chi connectivity index (χ4n) is 4.09. The molecule has 1 unspecified atom stereocenters. The Morgan fingerprint density at radius 2 is 1.80 bits per heavy atom. The number of benzene rings is 3. The van der Waals surface area contributed by atoms with Crippen LogP contribution in [0.1, 0.15) is 52.3 Å². The third-order valence-corrected chi connectivity index (χ3v) is 8.40. The number of hydrogen-bond donors (Lipinski definition) is 3. The fraction of sp³-hybridized carbons (Fsp3) is 0.179. The highest BCUT2D eigenvalue weighted by Gasteiger charge is 2.26.